The first-order chi connectivity index (χ1) is 7.15. The molecule has 0 fully saturated rings. The van der Waals surface area contributed by atoms with E-state index in [0.717, 1.165) is 16.6 Å². The van der Waals surface area contributed by atoms with Crippen molar-refractivity contribution in [2.75, 3.05) is 0 Å². The van der Waals surface area contributed by atoms with Crippen LogP contribution in [0.3, 0.4) is 0 Å². The van der Waals surface area contributed by atoms with Crippen molar-refractivity contribution in [1.82, 2.24) is 9.78 Å². The highest BCUT2D eigenvalue weighted by atomic mass is 15.3. The highest BCUT2D eigenvalue weighted by Gasteiger charge is 2.12. The summed E-state index contributed by atoms with van der Waals surface area (Å²) >= 11 is 0. The van der Waals surface area contributed by atoms with Crippen molar-refractivity contribution in [3.63, 3.8) is 0 Å². The zero-order valence-electron chi connectivity index (χ0n) is 9.15. The van der Waals surface area contributed by atoms with Crippen molar-refractivity contribution < 1.29 is 0 Å². The summed E-state index contributed by atoms with van der Waals surface area (Å²) in [5.41, 5.74) is 2.68. The SMILES string of the molecule is Cc1c2c(C#N)cccc2nn1C(C)C. The van der Waals surface area contributed by atoms with Crippen LogP contribution in [0.1, 0.15) is 31.1 Å². The summed E-state index contributed by atoms with van der Waals surface area (Å²) in [6.45, 7) is 6.19. The van der Waals surface area contributed by atoms with Crippen LogP contribution in [0, 0.1) is 18.3 Å². The van der Waals surface area contributed by atoms with Crippen LogP contribution in [-0.2, 0) is 0 Å². The molecule has 3 nitrogen and oxygen atoms in total. The van der Waals surface area contributed by atoms with Crippen molar-refractivity contribution in [2.24, 2.45) is 0 Å². The monoisotopic (exact) mass is 199 g/mol. The maximum absolute atomic E-state index is 9.02. The number of benzene rings is 1. The summed E-state index contributed by atoms with van der Waals surface area (Å²) < 4.78 is 1.96. The number of aromatic nitrogens is 2. The number of nitriles is 1. The van der Waals surface area contributed by atoms with Gasteiger partial charge in [-0.2, -0.15) is 10.4 Å². The number of aryl methyl sites for hydroxylation is 1. The van der Waals surface area contributed by atoms with Crippen LogP contribution in [0.25, 0.3) is 10.9 Å². The average molecular weight is 199 g/mol. The number of fused-ring (bicyclic) bond motifs is 1. The second-order valence-electron chi connectivity index (χ2n) is 3.94. The fourth-order valence-electron chi connectivity index (χ4n) is 1.91. The van der Waals surface area contributed by atoms with E-state index in [1.165, 1.54) is 0 Å². The first kappa shape index (κ1) is 9.72. The molecule has 1 heterocycles. The molecule has 2 aromatic rings. The Morgan fingerprint density at radius 3 is 2.73 bits per heavy atom. The first-order valence-electron chi connectivity index (χ1n) is 5.03. The molecule has 0 aliphatic heterocycles. The first-order valence-corrected chi connectivity index (χ1v) is 5.03. The standard InChI is InChI=1S/C12H13N3/c1-8(2)15-9(3)12-10(7-13)5-4-6-11(12)14-15/h4-6,8H,1-3H3. The van der Waals surface area contributed by atoms with Gasteiger partial charge in [-0.15, -0.1) is 0 Å². The lowest BCUT2D eigenvalue weighted by Gasteiger charge is -2.07. The molecule has 0 amide bonds. The molecule has 1 aromatic heterocycles. The van der Waals surface area contributed by atoms with E-state index in [9.17, 15) is 0 Å². The third kappa shape index (κ3) is 1.39. The summed E-state index contributed by atoms with van der Waals surface area (Å²) in [6.07, 6.45) is 0. The molecule has 0 bridgehead atoms. The largest absolute Gasteiger partial charge is 0.266 e. The summed E-state index contributed by atoms with van der Waals surface area (Å²) in [5, 5.41) is 14.5. The predicted octanol–water partition coefficient (Wildman–Crippen LogP) is 2.80. The Balaban J connectivity index is 2.84. The highest BCUT2D eigenvalue weighted by molar-refractivity contribution is 5.87. The topological polar surface area (TPSA) is 41.6 Å². The molecular formula is C12H13N3. The average Bonchev–Trinajstić information content (AvgIpc) is 2.56. The minimum absolute atomic E-state index is 0.323. The molecule has 0 saturated heterocycles. The van der Waals surface area contributed by atoms with Gasteiger partial charge < -0.3 is 0 Å². The quantitative estimate of drug-likeness (QED) is 0.708. The van der Waals surface area contributed by atoms with Gasteiger partial charge in [0.15, 0.2) is 0 Å². The van der Waals surface area contributed by atoms with Gasteiger partial charge in [-0.3, -0.25) is 4.68 Å². The van der Waals surface area contributed by atoms with Crippen molar-refractivity contribution in [3.05, 3.63) is 29.5 Å². The van der Waals surface area contributed by atoms with Crippen LogP contribution >= 0.6 is 0 Å². The second-order valence-corrected chi connectivity index (χ2v) is 3.94. The third-order valence-electron chi connectivity index (χ3n) is 2.57. The zero-order valence-corrected chi connectivity index (χ0v) is 9.15. The smallest absolute Gasteiger partial charge is 0.0999 e. The zero-order chi connectivity index (χ0) is 11.0. The fourth-order valence-corrected chi connectivity index (χ4v) is 1.91. The molecule has 0 aliphatic carbocycles. The van der Waals surface area contributed by atoms with Gasteiger partial charge in [0.05, 0.1) is 17.1 Å². The van der Waals surface area contributed by atoms with E-state index >= 15 is 0 Å². The Morgan fingerprint density at radius 2 is 2.13 bits per heavy atom. The van der Waals surface area contributed by atoms with Gasteiger partial charge in [0.1, 0.15) is 0 Å². The number of rotatable bonds is 1. The normalized spacial score (nSPS) is 10.9. The lowest BCUT2D eigenvalue weighted by Crippen LogP contribution is -2.04. The summed E-state index contributed by atoms with van der Waals surface area (Å²) in [6, 6.07) is 8.19. The van der Waals surface area contributed by atoms with E-state index in [4.69, 9.17) is 5.26 Å². The number of nitrogens with zero attached hydrogens (tertiary/aromatic N) is 3. The van der Waals surface area contributed by atoms with Crippen LogP contribution in [-0.4, -0.2) is 9.78 Å². The van der Waals surface area contributed by atoms with Crippen molar-refractivity contribution >= 4 is 10.9 Å². The Hall–Kier alpha value is -1.82. The van der Waals surface area contributed by atoms with Crippen LogP contribution < -0.4 is 0 Å². The fraction of sp³-hybridized carbons (Fsp3) is 0.333. The molecule has 2 rings (SSSR count). The third-order valence-corrected chi connectivity index (χ3v) is 2.57. The lowest BCUT2D eigenvalue weighted by molar-refractivity contribution is 0.524. The van der Waals surface area contributed by atoms with E-state index < -0.39 is 0 Å². The van der Waals surface area contributed by atoms with E-state index in [-0.39, 0.29) is 0 Å². The molecular weight excluding hydrogens is 186 g/mol. The number of hydrogen-bond acceptors (Lipinski definition) is 2. The lowest BCUT2D eigenvalue weighted by atomic mass is 10.1. The summed E-state index contributed by atoms with van der Waals surface area (Å²) in [4.78, 5) is 0. The molecule has 3 heteroatoms. The maximum Gasteiger partial charge on any atom is 0.0999 e. The van der Waals surface area contributed by atoms with Gasteiger partial charge in [0.25, 0.3) is 0 Å². The van der Waals surface area contributed by atoms with Crippen molar-refractivity contribution in [3.8, 4) is 6.07 Å². The van der Waals surface area contributed by atoms with E-state index in [1.54, 1.807) is 0 Å². The van der Waals surface area contributed by atoms with Crippen LogP contribution in [0.5, 0.6) is 0 Å². The van der Waals surface area contributed by atoms with Crippen LogP contribution in [0.15, 0.2) is 18.2 Å². The van der Waals surface area contributed by atoms with Crippen LogP contribution in [0.2, 0.25) is 0 Å². The molecule has 1 aromatic carbocycles. The van der Waals surface area contributed by atoms with E-state index in [0.29, 0.717) is 11.6 Å². The van der Waals surface area contributed by atoms with Gasteiger partial charge in [0, 0.05) is 17.1 Å². The van der Waals surface area contributed by atoms with Crippen molar-refractivity contribution in [1.29, 1.82) is 5.26 Å². The molecule has 0 aliphatic rings. The Bertz CT molecular complexity index is 544. The summed E-state index contributed by atoms with van der Waals surface area (Å²) in [7, 11) is 0. The van der Waals surface area contributed by atoms with Gasteiger partial charge in [-0.1, -0.05) is 6.07 Å². The van der Waals surface area contributed by atoms with Crippen molar-refractivity contribution in [2.45, 2.75) is 26.8 Å². The van der Waals surface area contributed by atoms with E-state index in [1.807, 2.05) is 29.8 Å². The molecule has 0 atom stereocenters. The van der Waals surface area contributed by atoms with E-state index in [2.05, 4.69) is 25.0 Å². The maximum atomic E-state index is 9.02. The van der Waals surface area contributed by atoms with Crippen LogP contribution in [0.4, 0.5) is 0 Å². The molecule has 0 saturated carbocycles. The molecule has 0 spiro atoms. The summed E-state index contributed by atoms with van der Waals surface area (Å²) in [5.74, 6) is 0. The van der Waals surface area contributed by atoms with Gasteiger partial charge in [0.2, 0.25) is 0 Å². The van der Waals surface area contributed by atoms with Gasteiger partial charge in [-0.25, -0.2) is 0 Å². The molecule has 76 valence electrons. The number of hydrogen-bond donors (Lipinski definition) is 0. The Morgan fingerprint density at radius 1 is 1.40 bits per heavy atom. The minimum Gasteiger partial charge on any atom is -0.266 e. The van der Waals surface area contributed by atoms with Gasteiger partial charge >= 0.3 is 0 Å². The molecule has 0 radical (unpaired) electrons. The second kappa shape index (κ2) is 3.39. The Kier molecular flexibility index (Phi) is 2.20. The highest BCUT2D eigenvalue weighted by Crippen LogP contribution is 2.23. The molecule has 0 N–H and O–H groups in total. The molecule has 0 unspecified atom stereocenters. The Labute approximate surface area is 88.9 Å². The van der Waals surface area contributed by atoms with Gasteiger partial charge in [-0.05, 0) is 32.9 Å². The predicted molar refractivity (Wildman–Crippen MR) is 59.6 cm³/mol. The minimum atomic E-state index is 0.323. The molecule has 15 heavy (non-hydrogen) atoms.